The lowest BCUT2D eigenvalue weighted by atomic mass is 9.85. The van der Waals surface area contributed by atoms with Crippen molar-refractivity contribution in [1.82, 2.24) is 0 Å². The van der Waals surface area contributed by atoms with Gasteiger partial charge in [0.25, 0.3) is 0 Å². The van der Waals surface area contributed by atoms with Crippen molar-refractivity contribution in [1.29, 1.82) is 0 Å². The van der Waals surface area contributed by atoms with Gasteiger partial charge in [-0.05, 0) is 54.3 Å². The predicted molar refractivity (Wildman–Crippen MR) is 88.5 cm³/mol. The first-order chi connectivity index (χ1) is 10.5. The van der Waals surface area contributed by atoms with Crippen LogP contribution in [0.3, 0.4) is 0 Å². The Labute approximate surface area is 131 Å². The molecule has 3 nitrogen and oxygen atoms in total. The van der Waals surface area contributed by atoms with Gasteiger partial charge in [0.2, 0.25) is 0 Å². The van der Waals surface area contributed by atoms with Crippen molar-refractivity contribution < 1.29 is 15.3 Å². The molecule has 1 atom stereocenters. The van der Waals surface area contributed by atoms with E-state index >= 15 is 0 Å². The van der Waals surface area contributed by atoms with E-state index in [0.29, 0.717) is 6.42 Å². The number of rotatable bonds is 5. The molecule has 116 valence electrons. The van der Waals surface area contributed by atoms with E-state index < -0.39 is 5.60 Å². The van der Waals surface area contributed by atoms with Gasteiger partial charge in [0.15, 0.2) is 0 Å². The smallest absolute Gasteiger partial charge is 0.115 e. The molecule has 0 aromatic heterocycles. The number of hydrogen-bond donors (Lipinski definition) is 3. The van der Waals surface area contributed by atoms with Crippen LogP contribution in [-0.4, -0.2) is 15.3 Å². The Balaban J connectivity index is 2.38. The summed E-state index contributed by atoms with van der Waals surface area (Å²) in [7, 11) is 0. The minimum absolute atomic E-state index is 0.114. The van der Waals surface area contributed by atoms with Crippen LogP contribution in [0.15, 0.2) is 48.5 Å². The van der Waals surface area contributed by atoms with E-state index in [1.165, 1.54) is 0 Å². The molecule has 0 unspecified atom stereocenters. The van der Waals surface area contributed by atoms with Crippen LogP contribution in [0, 0.1) is 0 Å². The normalized spacial score (nSPS) is 14.2. The average molecular weight is 298 g/mol. The maximum absolute atomic E-state index is 10.9. The van der Waals surface area contributed by atoms with Crippen LogP contribution in [0.4, 0.5) is 0 Å². The zero-order valence-electron chi connectivity index (χ0n) is 13.0. The molecular weight excluding hydrogens is 276 g/mol. The van der Waals surface area contributed by atoms with Crippen molar-refractivity contribution in [3.05, 3.63) is 70.8 Å². The lowest BCUT2D eigenvalue weighted by Gasteiger charge is -2.27. The fourth-order valence-corrected chi connectivity index (χ4v) is 2.64. The van der Waals surface area contributed by atoms with Crippen LogP contribution in [0.5, 0.6) is 5.75 Å². The molecule has 3 N–H and O–H groups in total. The molecular formula is C19H22O3. The Morgan fingerprint density at radius 2 is 1.77 bits per heavy atom. The number of allylic oxidation sites excluding steroid dienone is 1. The summed E-state index contributed by atoms with van der Waals surface area (Å²) in [5, 5.41) is 29.8. The molecule has 22 heavy (non-hydrogen) atoms. The molecule has 0 aliphatic rings. The topological polar surface area (TPSA) is 60.7 Å². The van der Waals surface area contributed by atoms with Crippen molar-refractivity contribution in [2.75, 3.05) is 0 Å². The van der Waals surface area contributed by atoms with Gasteiger partial charge in [-0.25, -0.2) is 0 Å². The van der Waals surface area contributed by atoms with Crippen molar-refractivity contribution >= 4 is 6.08 Å². The van der Waals surface area contributed by atoms with Crippen molar-refractivity contribution in [2.24, 2.45) is 0 Å². The van der Waals surface area contributed by atoms with Crippen LogP contribution in [-0.2, 0) is 18.6 Å². The highest BCUT2D eigenvalue weighted by atomic mass is 16.3. The summed E-state index contributed by atoms with van der Waals surface area (Å²) < 4.78 is 0. The third-order valence-corrected chi connectivity index (χ3v) is 3.73. The number of aromatic hydroxyl groups is 1. The number of phenols is 1. The van der Waals surface area contributed by atoms with Gasteiger partial charge in [0, 0.05) is 6.42 Å². The molecule has 0 aliphatic carbocycles. The maximum atomic E-state index is 10.9. The molecule has 0 amide bonds. The highest BCUT2D eigenvalue weighted by Gasteiger charge is 2.26. The van der Waals surface area contributed by atoms with Gasteiger partial charge in [-0.2, -0.15) is 0 Å². The van der Waals surface area contributed by atoms with E-state index in [9.17, 15) is 15.3 Å². The third-order valence-electron chi connectivity index (χ3n) is 3.73. The fourth-order valence-electron chi connectivity index (χ4n) is 2.64. The minimum atomic E-state index is -1.10. The summed E-state index contributed by atoms with van der Waals surface area (Å²) in [5.41, 5.74) is 2.24. The average Bonchev–Trinajstić information content (AvgIpc) is 2.50. The number of aliphatic hydroxyl groups excluding tert-OH is 1. The van der Waals surface area contributed by atoms with Gasteiger partial charge < -0.3 is 15.3 Å². The van der Waals surface area contributed by atoms with Gasteiger partial charge in [0.1, 0.15) is 5.75 Å². The SMILES string of the molecule is C/C=C/c1ccc(CO)c([C@@](C)(O)Cc2ccc(O)cc2)c1. The standard InChI is InChI=1S/C19H22O3/c1-3-4-14-5-8-16(13-20)18(11-14)19(2,22)12-15-6-9-17(21)10-7-15/h3-11,20-22H,12-13H2,1-2H3/b4-3+/t19-/m0/s1. The largest absolute Gasteiger partial charge is 0.508 e. The second kappa shape index (κ2) is 6.77. The zero-order valence-corrected chi connectivity index (χ0v) is 13.0. The summed E-state index contributed by atoms with van der Waals surface area (Å²) >= 11 is 0. The minimum Gasteiger partial charge on any atom is -0.508 e. The van der Waals surface area contributed by atoms with Gasteiger partial charge in [0.05, 0.1) is 12.2 Å². The molecule has 0 spiro atoms. The number of phenolic OH excluding ortho intramolecular Hbond substituents is 1. The van der Waals surface area contributed by atoms with Crippen molar-refractivity contribution in [2.45, 2.75) is 32.5 Å². The first-order valence-electron chi connectivity index (χ1n) is 7.33. The summed E-state index contributed by atoms with van der Waals surface area (Å²) in [6, 6.07) is 12.5. The molecule has 0 aliphatic heterocycles. The van der Waals surface area contributed by atoms with Crippen LogP contribution in [0.1, 0.15) is 36.1 Å². The summed E-state index contributed by atoms with van der Waals surface area (Å²) in [6.45, 7) is 3.57. The fraction of sp³-hybridized carbons (Fsp3) is 0.263. The summed E-state index contributed by atoms with van der Waals surface area (Å²) in [6.07, 6.45) is 4.30. The molecule has 0 radical (unpaired) electrons. The predicted octanol–water partition coefficient (Wildman–Crippen LogP) is 3.37. The Morgan fingerprint density at radius 1 is 1.09 bits per heavy atom. The van der Waals surface area contributed by atoms with Crippen molar-refractivity contribution in [3.8, 4) is 5.75 Å². The summed E-state index contributed by atoms with van der Waals surface area (Å²) in [4.78, 5) is 0. The third kappa shape index (κ3) is 3.75. The van der Waals surface area contributed by atoms with Gasteiger partial charge in [-0.3, -0.25) is 0 Å². The highest BCUT2D eigenvalue weighted by molar-refractivity contribution is 5.52. The Bertz CT molecular complexity index is 655. The number of aliphatic hydroxyl groups is 2. The first kappa shape index (κ1) is 16.3. The quantitative estimate of drug-likeness (QED) is 0.793. The van der Waals surface area contributed by atoms with E-state index in [1.54, 1.807) is 31.2 Å². The molecule has 0 fully saturated rings. The molecule has 2 aromatic rings. The van der Waals surface area contributed by atoms with E-state index in [4.69, 9.17) is 0 Å². The van der Waals surface area contributed by atoms with Crippen LogP contribution >= 0.6 is 0 Å². The lowest BCUT2D eigenvalue weighted by molar-refractivity contribution is 0.0552. The van der Waals surface area contributed by atoms with E-state index in [2.05, 4.69) is 0 Å². The van der Waals surface area contributed by atoms with Crippen LogP contribution < -0.4 is 0 Å². The maximum Gasteiger partial charge on any atom is 0.115 e. The van der Waals surface area contributed by atoms with Crippen LogP contribution in [0.2, 0.25) is 0 Å². The molecule has 2 aromatic carbocycles. The lowest BCUT2D eigenvalue weighted by Crippen LogP contribution is -2.26. The van der Waals surface area contributed by atoms with Crippen LogP contribution in [0.25, 0.3) is 6.08 Å². The van der Waals surface area contributed by atoms with Gasteiger partial charge in [-0.15, -0.1) is 0 Å². The molecule has 2 rings (SSSR count). The molecule has 0 saturated heterocycles. The number of benzene rings is 2. The Hall–Kier alpha value is -2.10. The zero-order chi connectivity index (χ0) is 16.2. The van der Waals surface area contributed by atoms with Crippen molar-refractivity contribution in [3.63, 3.8) is 0 Å². The van der Waals surface area contributed by atoms with E-state index in [-0.39, 0.29) is 12.4 Å². The highest BCUT2D eigenvalue weighted by Crippen LogP contribution is 2.30. The second-order valence-electron chi connectivity index (χ2n) is 5.69. The first-order valence-corrected chi connectivity index (χ1v) is 7.33. The second-order valence-corrected chi connectivity index (χ2v) is 5.69. The van der Waals surface area contributed by atoms with Gasteiger partial charge >= 0.3 is 0 Å². The van der Waals surface area contributed by atoms with E-state index in [0.717, 1.165) is 22.3 Å². The number of hydrogen-bond acceptors (Lipinski definition) is 3. The Morgan fingerprint density at radius 3 is 2.36 bits per heavy atom. The molecule has 3 heteroatoms. The monoisotopic (exact) mass is 298 g/mol. The molecule has 0 bridgehead atoms. The van der Waals surface area contributed by atoms with Gasteiger partial charge in [-0.1, -0.05) is 36.4 Å². The Kier molecular flexibility index (Phi) is 5.01. The van der Waals surface area contributed by atoms with E-state index in [1.807, 2.05) is 37.3 Å². The molecule has 0 saturated carbocycles. The molecule has 0 heterocycles. The summed E-state index contributed by atoms with van der Waals surface area (Å²) in [5.74, 6) is 0.203.